The van der Waals surface area contributed by atoms with Crippen molar-refractivity contribution in [1.29, 1.82) is 0 Å². The first-order chi connectivity index (χ1) is 29.8. The normalized spacial score (nSPS) is 15.6. The van der Waals surface area contributed by atoms with E-state index >= 15 is 0 Å². The van der Waals surface area contributed by atoms with Gasteiger partial charge in [0.1, 0.15) is 11.6 Å². The first-order valence-corrected chi connectivity index (χ1v) is 21.9. The molecule has 0 spiro atoms. The number of ether oxygens (including phenoxy) is 2. The number of rotatable bonds is 9. The summed E-state index contributed by atoms with van der Waals surface area (Å²) in [4.78, 5) is 26.0. The quantitative estimate of drug-likeness (QED) is 0.155. The molecule has 2 aromatic heterocycles. The van der Waals surface area contributed by atoms with Crippen molar-refractivity contribution in [3.63, 3.8) is 0 Å². The number of nitrogens with one attached hydrogen (secondary N) is 1. The summed E-state index contributed by atoms with van der Waals surface area (Å²) >= 11 is 6.27. The zero-order valence-electron chi connectivity index (χ0n) is 35.1. The van der Waals surface area contributed by atoms with Crippen LogP contribution < -0.4 is 10.1 Å². The predicted octanol–water partition coefficient (Wildman–Crippen LogP) is 10.2. The largest absolute Gasteiger partial charge is 0.497 e. The number of carbonyl (C=O) groups is 1. The summed E-state index contributed by atoms with van der Waals surface area (Å²) in [5.74, 6) is 1.58. The van der Waals surface area contributed by atoms with Crippen LogP contribution in [0.4, 0.5) is 15.1 Å². The Morgan fingerprint density at radius 3 is 2.34 bits per heavy atom. The molecule has 9 rings (SSSR count). The zero-order valence-corrected chi connectivity index (χ0v) is 35.8. The maximum absolute atomic E-state index is 13.4. The Morgan fingerprint density at radius 2 is 1.59 bits per heavy atom. The number of para-hydroxylation sites is 2. The fraction of sp³-hybridized carbons (Fsp3) is 0.340. The van der Waals surface area contributed by atoms with E-state index in [1.807, 2.05) is 67.7 Å². The van der Waals surface area contributed by atoms with Crippen molar-refractivity contribution in [1.82, 2.24) is 24.3 Å². The van der Waals surface area contributed by atoms with Crippen molar-refractivity contribution in [3.05, 3.63) is 159 Å². The van der Waals surface area contributed by atoms with Crippen LogP contribution >= 0.6 is 11.6 Å². The van der Waals surface area contributed by atoms with Crippen LogP contribution in [-0.4, -0.2) is 82.9 Å². The molecular formula is C50H54ClFN6O3. The number of anilines is 1. The summed E-state index contributed by atoms with van der Waals surface area (Å²) in [5.41, 5.74) is 11.9. The molecule has 2 aliphatic heterocycles. The second-order valence-electron chi connectivity index (χ2n) is 16.0. The number of benzene rings is 4. The number of amides is 1. The fourth-order valence-corrected chi connectivity index (χ4v) is 8.93. The van der Waals surface area contributed by atoms with E-state index in [0.717, 1.165) is 104 Å². The maximum atomic E-state index is 13.4. The highest BCUT2D eigenvalue weighted by atomic mass is 35.5. The molecule has 61 heavy (non-hydrogen) atoms. The van der Waals surface area contributed by atoms with Gasteiger partial charge in [-0.2, -0.15) is 0 Å². The number of methoxy groups -OCH3 is 1. The number of likely N-dealkylation sites (tertiary alicyclic amines) is 2. The van der Waals surface area contributed by atoms with Gasteiger partial charge in [-0.05, 0) is 134 Å². The smallest absolute Gasteiger partial charge is 0.409 e. The number of piperidine rings is 2. The summed E-state index contributed by atoms with van der Waals surface area (Å²) in [6.07, 6.45) is 8.48. The van der Waals surface area contributed by atoms with Crippen molar-refractivity contribution in [2.75, 3.05) is 51.8 Å². The number of carbonyl (C=O) groups excluding carboxylic acids is 1. The lowest BCUT2D eigenvalue weighted by atomic mass is 9.88. The number of halogens is 2. The van der Waals surface area contributed by atoms with E-state index in [0.29, 0.717) is 32.3 Å². The second-order valence-corrected chi connectivity index (χ2v) is 16.4. The van der Waals surface area contributed by atoms with E-state index in [9.17, 15) is 9.18 Å². The molecule has 4 aromatic carbocycles. The van der Waals surface area contributed by atoms with Gasteiger partial charge < -0.3 is 29.2 Å². The molecule has 6 aromatic rings. The molecule has 316 valence electrons. The second kappa shape index (κ2) is 19.8. The summed E-state index contributed by atoms with van der Waals surface area (Å²) in [5, 5.41) is 4.49. The van der Waals surface area contributed by atoms with E-state index in [2.05, 4.69) is 51.2 Å². The van der Waals surface area contributed by atoms with Crippen LogP contribution in [0.1, 0.15) is 66.1 Å². The Bertz CT molecular complexity index is 2450. The molecule has 2 saturated heterocycles. The molecule has 2 fully saturated rings. The van der Waals surface area contributed by atoms with Gasteiger partial charge in [-0.15, -0.1) is 0 Å². The highest BCUT2D eigenvalue weighted by Gasteiger charge is 2.27. The number of aromatic nitrogens is 3. The molecule has 0 unspecified atom stereocenters. The van der Waals surface area contributed by atoms with Crippen molar-refractivity contribution in [3.8, 4) is 5.75 Å². The number of pyridine rings is 1. The molecule has 9 nitrogen and oxygen atoms in total. The van der Waals surface area contributed by atoms with E-state index in [1.54, 1.807) is 12.0 Å². The minimum atomic E-state index is -0.215. The van der Waals surface area contributed by atoms with Gasteiger partial charge in [-0.25, -0.2) is 14.2 Å². The Kier molecular flexibility index (Phi) is 13.6. The standard InChI is InChI=1S/C28H31FN4O.C22H23ClN2O2/c1-34-25-12-8-21(9-13-25)14-17-32-18-15-24(16-19-32)30-28-31-26-4-2-3-5-27(26)33(28)20-22-6-10-23(29)11-7-22;1-2-27-22(26)25-12-9-15(10-13-25)20-19-8-7-18(23)14-17(19)6-5-16-4-3-11-24-21(16)20/h2-13,24H,14-20H2,1H3,(H,30,31);3-4,7-8,11,14H,2,5-6,9-10,12-13H2,1H3. The van der Waals surface area contributed by atoms with Crippen LogP contribution in [0.2, 0.25) is 5.02 Å². The van der Waals surface area contributed by atoms with Crippen LogP contribution in [0.15, 0.2) is 115 Å². The number of hydrogen-bond donors (Lipinski definition) is 1. The molecule has 0 radical (unpaired) electrons. The third kappa shape index (κ3) is 10.3. The molecular weight excluding hydrogens is 787 g/mol. The first kappa shape index (κ1) is 42.0. The summed E-state index contributed by atoms with van der Waals surface area (Å²) < 4.78 is 26.0. The van der Waals surface area contributed by atoms with Gasteiger partial charge in [-0.3, -0.25) is 4.98 Å². The number of imidazole rings is 1. The SMILES string of the molecule is CCOC(=O)N1CCC(=C2c3ccc(Cl)cc3CCc3cccnc32)CC1.COc1ccc(CCN2CCC(Nc3nc4ccccc4n3Cc3ccc(F)cc3)CC2)cc1. The molecule has 11 heteroatoms. The molecule has 0 atom stereocenters. The highest BCUT2D eigenvalue weighted by molar-refractivity contribution is 6.30. The molecule has 3 aliphatic rings. The Balaban J connectivity index is 0.000000173. The van der Waals surface area contributed by atoms with Crippen LogP contribution in [0, 0.1) is 5.82 Å². The average Bonchev–Trinajstić information content (AvgIpc) is 3.54. The van der Waals surface area contributed by atoms with Gasteiger partial charge in [0.05, 0.1) is 37.0 Å². The van der Waals surface area contributed by atoms with Crippen LogP contribution in [0.5, 0.6) is 5.75 Å². The minimum Gasteiger partial charge on any atom is -0.497 e. The molecule has 0 saturated carbocycles. The lowest BCUT2D eigenvalue weighted by Gasteiger charge is -2.32. The zero-order chi connectivity index (χ0) is 42.1. The number of nitrogens with zero attached hydrogens (tertiary/aromatic N) is 5. The van der Waals surface area contributed by atoms with E-state index in [4.69, 9.17) is 31.0 Å². The van der Waals surface area contributed by atoms with Crippen LogP contribution in [0.3, 0.4) is 0 Å². The van der Waals surface area contributed by atoms with E-state index in [1.165, 1.54) is 45.5 Å². The van der Waals surface area contributed by atoms with Gasteiger partial charge in [0.2, 0.25) is 5.95 Å². The van der Waals surface area contributed by atoms with Crippen LogP contribution in [-0.2, 0) is 30.5 Å². The fourth-order valence-electron chi connectivity index (χ4n) is 8.74. The van der Waals surface area contributed by atoms with Gasteiger partial charge in [0.15, 0.2) is 0 Å². The third-order valence-electron chi connectivity index (χ3n) is 12.1. The Morgan fingerprint density at radius 1 is 0.852 bits per heavy atom. The Hall–Kier alpha value is -5.71. The predicted molar refractivity (Wildman–Crippen MR) is 242 cm³/mol. The van der Waals surface area contributed by atoms with Crippen molar-refractivity contribution < 1.29 is 18.7 Å². The number of fused-ring (bicyclic) bond motifs is 3. The molecule has 4 heterocycles. The summed E-state index contributed by atoms with van der Waals surface area (Å²) in [7, 11) is 1.70. The van der Waals surface area contributed by atoms with Gasteiger partial charge in [0, 0.05) is 55.6 Å². The van der Waals surface area contributed by atoms with Crippen molar-refractivity contribution in [2.45, 2.75) is 64.5 Å². The highest BCUT2D eigenvalue weighted by Crippen LogP contribution is 2.38. The molecule has 1 N–H and O–H groups in total. The van der Waals surface area contributed by atoms with Crippen molar-refractivity contribution in [2.24, 2.45) is 0 Å². The molecule has 0 bridgehead atoms. The summed E-state index contributed by atoms with van der Waals surface area (Å²) in [6.45, 7) is 7.50. The molecule has 1 aliphatic carbocycles. The number of aryl methyl sites for hydroxylation is 2. The van der Waals surface area contributed by atoms with Gasteiger partial charge >= 0.3 is 6.09 Å². The first-order valence-electron chi connectivity index (χ1n) is 21.5. The average molecular weight is 841 g/mol. The molecule has 1 amide bonds. The summed E-state index contributed by atoms with van der Waals surface area (Å²) in [6, 6.07) is 34.0. The van der Waals surface area contributed by atoms with E-state index < -0.39 is 0 Å². The van der Waals surface area contributed by atoms with Gasteiger partial charge in [0.25, 0.3) is 0 Å². The maximum Gasteiger partial charge on any atom is 0.409 e. The Labute approximate surface area is 363 Å². The van der Waals surface area contributed by atoms with Crippen LogP contribution in [0.25, 0.3) is 16.6 Å². The third-order valence-corrected chi connectivity index (χ3v) is 12.3. The monoisotopic (exact) mass is 840 g/mol. The minimum absolute atomic E-state index is 0.212. The topological polar surface area (TPSA) is 84.8 Å². The lowest BCUT2D eigenvalue weighted by Crippen LogP contribution is -2.40. The van der Waals surface area contributed by atoms with Crippen molar-refractivity contribution >= 4 is 40.2 Å². The lowest BCUT2D eigenvalue weighted by molar-refractivity contribution is 0.104. The van der Waals surface area contributed by atoms with E-state index in [-0.39, 0.29) is 11.9 Å². The van der Waals surface area contributed by atoms with Gasteiger partial charge in [-0.1, -0.05) is 65.7 Å². The number of hydrogen-bond acceptors (Lipinski definition) is 7.